The van der Waals surface area contributed by atoms with Crippen LogP contribution in [0.3, 0.4) is 0 Å². The number of Topliss-reactive ketones (excluding diaryl/α,β-unsaturated/α-hetero) is 1. The molecule has 0 radical (unpaired) electrons. The van der Waals surface area contributed by atoms with Gasteiger partial charge in [-0.05, 0) is 20.8 Å². The number of rotatable bonds is 4. The minimum atomic E-state index is -0.972. The number of hydrogen-bond donors (Lipinski definition) is 2. The van der Waals surface area contributed by atoms with Crippen LogP contribution in [0.5, 0.6) is 0 Å². The lowest BCUT2D eigenvalue weighted by molar-refractivity contribution is -0.121. The minimum Gasteiger partial charge on any atom is -0.396 e. The van der Waals surface area contributed by atoms with Crippen LogP contribution in [0.15, 0.2) is 0 Å². The molecule has 0 aliphatic heterocycles. The number of ketones is 1. The van der Waals surface area contributed by atoms with E-state index in [1.165, 1.54) is 6.92 Å². The van der Waals surface area contributed by atoms with Crippen molar-refractivity contribution in [3.63, 3.8) is 0 Å². The molecule has 0 heterocycles. The molecule has 66 valence electrons. The summed E-state index contributed by atoms with van der Waals surface area (Å²) in [5, 5.41) is 18.2. The van der Waals surface area contributed by atoms with Gasteiger partial charge in [0.1, 0.15) is 5.78 Å². The van der Waals surface area contributed by atoms with E-state index in [4.69, 9.17) is 5.11 Å². The van der Waals surface area contributed by atoms with Crippen molar-refractivity contribution in [3.05, 3.63) is 0 Å². The second kappa shape index (κ2) is 3.83. The van der Waals surface area contributed by atoms with Gasteiger partial charge in [-0.3, -0.25) is 0 Å². The largest absolute Gasteiger partial charge is 0.396 e. The van der Waals surface area contributed by atoms with Gasteiger partial charge in [0.15, 0.2) is 0 Å². The van der Waals surface area contributed by atoms with E-state index in [1.54, 1.807) is 13.8 Å². The zero-order valence-electron chi connectivity index (χ0n) is 7.29. The smallest absolute Gasteiger partial charge is 0.130 e. The van der Waals surface area contributed by atoms with Crippen LogP contribution in [-0.4, -0.2) is 28.2 Å². The predicted octanol–water partition coefficient (Wildman–Crippen LogP) is 0.345. The molecule has 0 spiro atoms. The van der Waals surface area contributed by atoms with Crippen LogP contribution >= 0.6 is 0 Å². The monoisotopic (exact) mass is 160 g/mol. The van der Waals surface area contributed by atoms with E-state index in [2.05, 4.69) is 0 Å². The fraction of sp³-hybridized carbons (Fsp3) is 0.875. The van der Waals surface area contributed by atoms with E-state index >= 15 is 0 Å². The summed E-state index contributed by atoms with van der Waals surface area (Å²) in [6.45, 7) is 4.49. The third kappa shape index (κ3) is 4.11. The maximum Gasteiger partial charge on any atom is 0.130 e. The highest BCUT2D eigenvalue weighted by Gasteiger charge is 2.26. The van der Waals surface area contributed by atoms with Crippen LogP contribution in [0.25, 0.3) is 0 Å². The lowest BCUT2D eigenvalue weighted by Gasteiger charge is -2.26. The van der Waals surface area contributed by atoms with Crippen LogP contribution in [0.1, 0.15) is 27.2 Å². The molecule has 0 aromatic carbocycles. The van der Waals surface area contributed by atoms with E-state index in [1.807, 2.05) is 0 Å². The van der Waals surface area contributed by atoms with Gasteiger partial charge in [-0.25, -0.2) is 0 Å². The topological polar surface area (TPSA) is 57.5 Å². The van der Waals surface area contributed by atoms with Gasteiger partial charge in [-0.15, -0.1) is 0 Å². The fourth-order valence-electron chi connectivity index (χ4n) is 0.885. The van der Waals surface area contributed by atoms with Crippen molar-refractivity contribution < 1.29 is 15.0 Å². The van der Waals surface area contributed by atoms with Gasteiger partial charge < -0.3 is 15.0 Å². The molecule has 11 heavy (non-hydrogen) atoms. The minimum absolute atomic E-state index is 0.00817. The van der Waals surface area contributed by atoms with E-state index < -0.39 is 5.60 Å². The summed E-state index contributed by atoms with van der Waals surface area (Å²) in [5.74, 6) is -0.355. The summed E-state index contributed by atoms with van der Waals surface area (Å²) in [7, 11) is 0. The van der Waals surface area contributed by atoms with Crippen molar-refractivity contribution in [1.82, 2.24) is 0 Å². The van der Waals surface area contributed by atoms with Crippen molar-refractivity contribution in [2.75, 3.05) is 6.61 Å². The second-order valence-corrected chi connectivity index (χ2v) is 3.44. The van der Waals surface area contributed by atoms with Crippen LogP contribution in [-0.2, 0) is 4.79 Å². The summed E-state index contributed by atoms with van der Waals surface area (Å²) in [5.41, 5.74) is -0.972. The van der Waals surface area contributed by atoms with Crippen molar-refractivity contribution in [2.24, 2.45) is 5.92 Å². The first kappa shape index (κ1) is 10.6. The number of aliphatic hydroxyl groups is 2. The normalized spacial score (nSPS) is 14.6. The van der Waals surface area contributed by atoms with E-state index in [0.717, 1.165) is 0 Å². The average Bonchev–Trinajstić information content (AvgIpc) is 1.79. The average molecular weight is 160 g/mol. The Morgan fingerprint density at radius 3 is 2.09 bits per heavy atom. The zero-order chi connectivity index (χ0) is 9.07. The van der Waals surface area contributed by atoms with Crippen molar-refractivity contribution in [3.8, 4) is 0 Å². The molecular formula is C8H16O3. The summed E-state index contributed by atoms with van der Waals surface area (Å²) >= 11 is 0. The van der Waals surface area contributed by atoms with Crippen LogP contribution in [0, 0.1) is 5.92 Å². The third-order valence-electron chi connectivity index (χ3n) is 1.75. The highest BCUT2D eigenvalue weighted by atomic mass is 16.3. The molecule has 0 aromatic heterocycles. The van der Waals surface area contributed by atoms with Gasteiger partial charge in [0.2, 0.25) is 0 Å². The number of hydrogen-bond acceptors (Lipinski definition) is 3. The molecule has 0 aliphatic rings. The van der Waals surface area contributed by atoms with E-state index in [9.17, 15) is 9.90 Å². The summed E-state index contributed by atoms with van der Waals surface area (Å²) in [4.78, 5) is 10.6. The first-order valence-corrected chi connectivity index (χ1v) is 3.70. The third-order valence-corrected chi connectivity index (χ3v) is 1.75. The Balaban J connectivity index is 4.07. The van der Waals surface area contributed by atoms with Gasteiger partial charge in [0, 0.05) is 18.9 Å². The van der Waals surface area contributed by atoms with Crippen LogP contribution < -0.4 is 0 Å². The summed E-state index contributed by atoms with van der Waals surface area (Å²) in [6, 6.07) is 0. The Kier molecular flexibility index (Phi) is 3.69. The predicted molar refractivity (Wildman–Crippen MR) is 42.2 cm³/mol. The molecule has 3 nitrogen and oxygen atoms in total. The molecule has 0 saturated heterocycles. The van der Waals surface area contributed by atoms with Gasteiger partial charge in [0.25, 0.3) is 0 Å². The van der Waals surface area contributed by atoms with E-state index in [0.29, 0.717) is 0 Å². The van der Waals surface area contributed by atoms with E-state index in [-0.39, 0.29) is 24.7 Å². The molecule has 0 aliphatic carbocycles. The zero-order valence-corrected chi connectivity index (χ0v) is 7.29. The molecule has 0 saturated carbocycles. The molecule has 0 amide bonds. The standard InChI is InChI=1S/C8H16O3/c1-6(10)4-7(5-9)8(2,3)11/h7,9,11H,4-5H2,1-3H3. The Bertz CT molecular complexity index is 135. The molecule has 0 bridgehead atoms. The number of aliphatic hydroxyl groups excluding tert-OH is 1. The first-order valence-electron chi connectivity index (χ1n) is 3.70. The summed E-state index contributed by atoms with van der Waals surface area (Å²) in [6.07, 6.45) is 0.236. The molecule has 0 rings (SSSR count). The SMILES string of the molecule is CC(=O)CC(CO)C(C)(C)O. The molecule has 0 aromatic rings. The number of carbonyl (C=O) groups excluding carboxylic acids is 1. The Morgan fingerprint density at radius 1 is 1.55 bits per heavy atom. The Hall–Kier alpha value is -0.410. The highest BCUT2D eigenvalue weighted by Crippen LogP contribution is 2.19. The Labute approximate surface area is 67.0 Å². The second-order valence-electron chi connectivity index (χ2n) is 3.44. The van der Waals surface area contributed by atoms with Gasteiger partial charge in [0.05, 0.1) is 5.60 Å². The molecule has 2 N–H and O–H groups in total. The van der Waals surface area contributed by atoms with Crippen molar-refractivity contribution >= 4 is 5.78 Å². The lowest BCUT2D eigenvalue weighted by Crippen LogP contribution is -2.34. The highest BCUT2D eigenvalue weighted by molar-refractivity contribution is 5.75. The maximum atomic E-state index is 10.6. The van der Waals surface area contributed by atoms with Gasteiger partial charge >= 0.3 is 0 Å². The van der Waals surface area contributed by atoms with Crippen molar-refractivity contribution in [2.45, 2.75) is 32.8 Å². The fourth-order valence-corrected chi connectivity index (χ4v) is 0.885. The van der Waals surface area contributed by atoms with Crippen molar-refractivity contribution in [1.29, 1.82) is 0 Å². The van der Waals surface area contributed by atoms with Gasteiger partial charge in [-0.1, -0.05) is 0 Å². The quantitative estimate of drug-likeness (QED) is 0.623. The maximum absolute atomic E-state index is 10.6. The molecule has 1 atom stereocenters. The number of carbonyl (C=O) groups is 1. The lowest BCUT2D eigenvalue weighted by atomic mass is 9.88. The van der Waals surface area contributed by atoms with Crippen LogP contribution in [0.2, 0.25) is 0 Å². The molecule has 0 fully saturated rings. The van der Waals surface area contributed by atoms with Crippen LogP contribution in [0.4, 0.5) is 0 Å². The Morgan fingerprint density at radius 2 is 2.00 bits per heavy atom. The molecule has 1 unspecified atom stereocenters. The first-order chi connectivity index (χ1) is 4.88. The molecule has 3 heteroatoms. The summed E-state index contributed by atoms with van der Waals surface area (Å²) < 4.78 is 0. The molecular weight excluding hydrogens is 144 g/mol. The van der Waals surface area contributed by atoms with Gasteiger partial charge in [-0.2, -0.15) is 0 Å².